The number of thioether (sulfide) groups is 1. The summed E-state index contributed by atoms with van der Waals surface area (Å²) in [4.78, 5) is 6.67. The van der Waals surface area contributed by atoms with Crippen molar-refractivity contribution in [3.8, 4) is 0 Å². The van der Waals surface area contributed by atoms with E-state index in [-0.39, 0.29) is 0 Å². The molecule has 0 aliphatic heterocycles. The summed E-state index contributed by atoms with van der Waals surface area (Å²) < 4.78 is 0. The van der Waals surface area contributed by atoms with E-state index >= 15 is 0 Å². The first-order valence-electron chi connectivity index (χ1n) is 4.58. The van der Waals surface area contributed by atoms with Crippen molar-refractivity contribution in [1.29, 1.82) is 0 Å². The van der Waals surface area contributed by atoms with Gasteiger partial charge in [0.25, 0.3) is 0 Å². The Morgan fingerprint density at radius 3 is 3.00 bits per heavy atom. The van der Waals surface area contributed by atoms with Gasteiger partial charge in [0, 0.05) is 30.0 Å². The second-order valence-corrected chi connectivity index (χ2v) is 5.36. The van der Waals surface area contributed by atoms with Gasteiger partial charge in [0.1, 0.15) is 5.01 Å². The summed E-state index contributed by atoms with van der Waals surface area (Å²) >= 11 is 3.58. The Balaban J connectivity index is 2.35. The van der Waals surface area contributed by atoms with Gasteiger partial charge in [-0.1, -0.05) is 0 Å². The highest BCUT2D eigenvalue weighted by Gasteiger charge is 2.02. The fourth-order valence-corrected chi connectivity index (χ4v) is 2.70. The summed E-state index contributed by atoms with van der Waals surface area (Å²) in [5.41, 5.74) is 6.60. The molecule has 0 aliphatic rings. The molecule has 3 nitrogen and oxygen atoms in total. The molecule has 5 heteroatoms. The van der Waals surface area contributed by atoms with Crippen LogP contribution >= 0.6 is 23.1 Å². The number of nitrogens with zero attached hydrogens (tertiary/aromatic N) is 2. The van der Waals surface area contributed by atoms with Gasteiger partial charge in [0.05, 0.1) is 5.69 Å². The SMILES string of the molecule is CN(C)Cc1nc(CSCCN)cs1. The van der Waals surface area contributed by atoms with Gasteiger partial charge in [0.2, 0.25) is 0 Å². The maximum Gasteiger partial charge on any atom is 0.107 e. The van der Waals surface area contributed by atoms with E-state index in [9.17, 15) is 0 Å². The van der Waals surface area contributed by atoms with Gasteiger partial charge >= 0.3 is 0 Å². The number of hydrogen-bond acceptors (Lipinski definition) is 5. The van der Waals surface area contributed by atoms with Gasteiger partial charge in [-0.3, -0.25) is 0 Å². The molecule has 1 rings (SSSR count). The van der Waals surface area contributed by atoms with Crippen LogP contribution in [0.25, 0.3) is 0 Å². The molecule has 0 saturated heterocycles. The first kappa shape index (κ1) is 12.0. The lowest BCUT2D eigenvalue weighted by atomic mass is 10.5. The van der Waals surface area contributed by atoms with Crippen molar-refractivity contribution in [3.63, 3.8) is 0 Å². The molecule has 0 atom stereocenters. The van der Waals surface area contributed by atoms with E-state index in [0.717, 1.165) is 24.6 Å². The van der Waals surface area contributed by atoms with E-state index in [2.05, 4.69) is 29.4 Å². The Kier molecular flexibility index (Phi) is 5.47. The Labute approximate surface area is 93.7 Å². The number of rotatable bonds is 6. The van der Waals surface area contributed by atoms with Crippen LogP contribution < -0.4 is 5.73 Å². The largest absolute Gasteiger partial charge is 0.330 e. The number of aromatic nitrogens is 1. The summed E-state index contributed by atoms with van der Waals surface area (Å²) in [6, 6.07) is 0. The average molecular weight is 231 g/mol. The first-order valence-corrected chi connectivity index (χ1v) is 6.61. The number of hydrogen-bond donors (Lipinski definition) is 1. The summed E-state index contributed by atoms with van der Waals surface area (Å²) in [5.74, 6) is 2.00. The number of nitrogens with two attached hydrogens (primary N) is 1. The van der Waals surface area contributed by atoms with Crippen LogP contribution in [0, 0.1) is 0 Å². The van der Waals surface area contributed by atoms with E-state index in [0.29, 0.717) is 0 Å². The van der Waals surface area contributed by atoms with Crippen LogP contribution in [0.5, 0.6) is 0 Å². The van der Waals surface area contributed by atoms with Crippen LogP contribution in [0.4, 0.5) is 0 Å². The monoisotopic (exact) mass is 231 g/mol. The van der Waals surface area contributed by atoms with Crippen molar-refractivity contribution in [2.45, 2.75) is 12.3 Å². The highest BCUT2D eigenvalue weighted by Crippen LogP contribution is 2.16. The van der Waals surface area contributed by atoms with Crippen molar-refractivity contribution in [1.82, 2.24) is 9.88 Å². The molecular formula is C9H17N3S2. The lowest BCUT2D eigenvalue weighted by Crippen LogP contribution is -2.10. The lowest BCUT2D eigenvalue weighted by molar-refractivity contribution is 0.401. The molecule has 2 N–H and O–H groups in total. The maximum absolute atomic E-state index is 5.42. The molecule has 1 heterocycles. The first-order chi connectivity index (χ1) is 6.72. The fourth-order valence-electron chi connectivity index (χ4n) is 1.02. The minimum absolute atomic E-state index is 0.749. The highest BCUT2D eigenvalue weighted by molar-refractivity contribution is 7.98. The molecule has 0 aromatic carbocycles. The third kappa shape index (κ3) is 4.41. The maximum atomic E-state index is 5.42. The summed E-state index contributed by atoms with van der Waals surface area (Å²) in [7, 11) is 4.12. The molecule has 14 heavy (non-hydrogen) atoms. The van der Waals surface area contributed by atoms with Crippen LogP contribution in [0.3, 0.4) is 0 Å². The molecular weight excluding hydrogens is 214 g/mol. The summed E-state index contributed by atoms with van der Waals surface area (Å²) in [5, 5.41) is 3.33. The quantitative estimate of drug-likeness (QED) is 0.752. The number of thiazole rings is 1. The Bertz CT molecular complexity index is 260. The van der Waals surface area contributed by atoms with Crippen molar-refractivity contribution in [2.75, 3.05) is 26.4 Å². The van der Waals surface area contributed by atoms with Crippen molar-refractivity contribution >= 4 is 23.1 Å². The third-order valence-electron chi connectivity index (χ3n) is 1.56. The van der Waals surface area contributed by atoms with Gasteiger partial charge in [0.15, 0.2) is 0 Å². The van der Waals surface area contributed by atoms with Gasteiger partial charge in [-0.05, 0) is 14.1 Å². The van der Waals surface area contributed by atoms with E-state index < -0.39 is 0 Å². The zero-order valence-corrected chi connectivity index (χ0v) is 10.3. The van der Waals surface area contributed by atoms with E-state index in [4.69, 9.17) is 5.73 Å². The molecule has 0 amide bonds. The van der Waals surface area contributed by atoms with Crippen LogP contribution in [0.15, 0.2) is 5.38 Å². The van der Waals surface area contributed by atoms with Crippen molar-refractivity contribution in [3.05, 3.63) is 16.1 Å². The normalized spacial score (nSPS) is 11.1. The smallest absolute Gasteiger partial charge is 0.107 e. The predicted octanol–water partition coefficient (Wildman–Crippen LogP) is 1.40. The minimum atomic E-state index is 0.749. The Morgan fingerprint density at radius 2 is 2.36 bits per heavy atom. The summed E-state index contributed by atoms with van der Waals surface area (Å²) in [6.45, 7) is 1.69. The zero-order chi connectivity index (χ0) is 10.4. The average Bonchev–Trinajstić information content (AvgIpc) is 2.52. The second-order valence-electron chi connectivity index (χ2n) is 3.31. The Morgan fingerprint density at radius 1 is 1.57 bits per heavy atom. The van der Waals surface area contributed by atoms with Gasteiger partial charge in [-0.25, -0.2) is 4.98 Å². The summed E-state index contributed by atoms with van der Waals surface area (Å²) in [6.07, 6.45) is 0. The van der Waals surface area contributed by atoms with Gasteiger partial charge in [-0.2, -0.15) is 11.8 Å². The topological polar surface area (TPSA) is 42.2 Å². The Hall–Kier alpha value is -0.100. The zero-order valence-electron chi connectivity index (χ0n) is 8.69. The van der Waals surface area contributed by atoms with Crippen LogP contribution in [-0.4, -0.2) is 36.3 Å². The predicted molar refractivity (Wildman–Crippen MR) is 64.7 cm³/mol. The van der Waals surface area contributed by atoms with E-state index in [1.165, 1.54) is 10.7 Å². The molecule has 0 unspecified atom stereocenters. The van der Waals surface area contributed by atoms with Gasteiger partial charge < -0.3 is 10.6 Å². The van der Waals surface area contributed by atoms with E-state index in [1.807, 2.05) is 11.8 Å². The van der Waals surface area contributed by atoms with E-state index in [1.54, 1.807) is 11.3 Å². The molecule has 1 aromatic heterocycles. The molecule has 0 radical (unpaired) electrons. The van der Waals surface area contributed by atoms with Crippen molar-refractivity contribution in [2.24, 2.45) is 5.73 Å². The molecule has 1 aromatic rings. The van der Waals surface area contributed by atoms with Crippen LogP contribution in [0.1, 0.15) is 10.7 Å². The van der Waals surface area contributed by atoms with Crippen LogP contribution in [-0.2, 0) is 12.3 Å². The standard InChI is InChI=1S/C9H17N3S2/c1-12(2)5-9-11-8(7-14-9)6-13-4-3-10/h7H,3-6,10H2,1-2H3. The minimum Gasteiger partial charge on any atom is -0.330 e. The molecule has 80 valence electrons. The highest BCUT2D eigenvalue weighted by atomic mass is 32.2. The molecule has 0 spiro atoms. The van der Waals surface area contributed by atoms with Crippen molar-refractivity contribution < 1.29 is 0 Å². The van der Waals surface area contributed by atoms with Gasteiger partial charge in [-0.15, -0.1) is 11.3 Å². The lowest BCUT2D eigenvalue weighted by Gasteiger charge is -2.04. The molecule has 0 fully saturated rings. The molecule has 0 aliphatic carbocycles. The fraction of sp³-hybridized carbons (Fsp3) is 0.667. The molecule has 0 saturated carbocycles. The van der Waals surface area contributed by atoms with Crippen LogP contribution in [0.2, 0.25) is 0 Å². The third-order valence-corrected chi connectivity index (χ3v) is 3.47. The second kappa shape index (κ2) is 6.40. The molecule has 0 bridgehead atoms.